The molecule has 1 amide bonds. The lowest BCUT2D eigenvalue weighted by atomic mass is 9.92. The second-order valence-electron chi connectivity index (χ2n) is 4.72. The maximum absolute atomic E-state index is 13.6. The molecule has 0 spiro atoms. The maximum atomic E-state index is 13.6. The van der Waals surface area contributed by atoms with E-state index in [0.717, 1.165) is 0 Å². The van der Waals surface area contributed by atoms with Crippen molar-refractivity contribution in [2.24, 2.45) is 0 Å². The van der Waals surface area contributed by atoms with E-state index < -0.39 is 34.5 Å². The molecule has 1 aliphatic heterocycles. The van der Waals surface area contributed by atoms with Crippen molar-refractivity contribution in [1.29, 1.82) is 0 Å². The van der Waals surface area contributed by atoms with Gasteiger partial charge >= 0.3 is 0 Å². The van der Waals surface area contributed by atoms with Crippen LogP contribution in [0.1, 0.15) is 23.2 Å². The van der Waals surface area contributed by atoms with E-state index in [0.29, 0.717) is 43.5 Å². The van der Waals surface area contributed by atoms with Crippen molar-refractivity contribution in [2.45, 2.75) is 18.4 Å². The fourth-order valence-corrected chi connectivity index (χ4v) is 2.82. The molecule has 110 valence electrons. The van der Waals surface area contributed by atoms with Crippen LogP contribution in [-0.4, -0.2) is 30.0 Å². The summed E-state index contributed by atoms with van der Waals surface area (Å²) in [5.74, 6) is -4.37. The molecule has 0 saturated carbocycles. The van der Waals surface area contributed by atoms with E-state index in [1.54, 1.807) is 0 Å². The van der Waals surface area contributed by atoms with Gasteiger partial charge in [-0.3, -0.25) is 4.79 Å². The third kappa shape index (κ3) is 3.15. The van der Waals surface area contributed by atoms with E-state index in [-0.39, 0.29) is 0 Å². The van der Waals surface area contributed by atoms with Gasteiger partial charge in [0.1, 0.15) is 23.0 Å². The van der Waals surface area contributed by atoms with Crippen LogP contribution in [0.3, 0.4) is 0 Å². The highest BCUT2D eigenvalue weighted by molar-refractivity contribution is 9.09. The van der Waals surface area contributed by atoms with E-state index in [4.69, 9.17) is 4.74 Å². The number of benzene rings is 1. The molecule has 2 rings (SSSR count). The summed E-state index contributed by atoms with van der Waals surface area (Å²) in [6.45, 7) is 0.917. The SMILES string of the molecule is O=C(NC1(CBr)CCOCC1)c1c(F)cc(F)cc1F. The molecule has 1 N–H and O–H groups in total. The van der Waals surface area contributed by atoms with E-state index in [1.807, 2.05) is 0 Å². The van der Waals surface area contributed by atoms with Gasteiger partial charge in [0.15, 0.2) is 0 Å². The van der Waals surface area contributed by atoms with Gasteiger partial charge in [-0.2, -0.15) is 0 Å². The maximum Gasteiger partial charge on any atom is 0.257 e. The first-order valence-corrected chi connectivity index (χ1v) is 7.20. The number of carbonyl (C=O) groups excluding carboxylic acids is 1. The van der Waals surface area contributed by atoms with Crippen LogP contribution in [0.15, 0.2) is 12.1 Å². The first kappa shape index (κ1) is 15.3. The second kappa shape index (κ2) is 6.13. The summed E-state index contributed by atoms with van der Waals surface area (Å²) < 4.78 is 45.2. The molecule has 1 aliphatic rings. The normalized spacial score (nSPS) is 17.8. The van der Waals surface area contributed by atoms with Gasteiger partial charge < -0.3 is 10.1 Å². The van der Waals surface area contributed by atoms with Crippen molar-refractivity contribution in [3.63, 3.8) is 0 Å². The van der Waals surface area contributed by atoms with Gasteiger partial charge in [-0.1, -0.05) is 15.9 Å². The Morgan fingerprint density at radius 2 is 1.80 bits per heavy atom. The molecule has 0 unspecified atom stereocenters. The monoisotopic (exact) mass is 351 g/mol. The Kier molecular flexibility index (Phi) is 4.70. The Hall–Kier alpha value is -1.08. The first-order valence-electron chi connectivity index (χ1n) is 6.08. The standard InChI is InChI=1S/C13H13BrF3NO2/c14-7-13(1-3-20-4-2-13)18-12(19)11-9(16)5-8(15)6-10(11)17/h5-6H,1-4,7H2,(H,18,19). The number of ether oxygens (including phenoxy) is 1. The Labute approximate surface area is 122 Å². The number of hydrogen-bond acceptors (Lipinski definition) is 2. The number of rotatable bonds is 3. The van der Waals surface area contributed by atoms with Gasteiger partial charge in [-0.05, 0) is 12.8 Å². The van der Waals surface area contributed by atoms with Crippen LogP contribution < -0.4 is 5.32 Å². The molecule has 1 saturated heterocycles. The lowest BCUT2D eigenvalue weighted by Gasteiger charge is -2.36. The molecule has 1 aromatic carbocycles. The average Bonchev–Trinajstić information content (AvgIpc) is 2.38. The third-order valence-corrected chi connectivity index (χ3v) is 4.39. The number of carbonyl (C=O) groups is 1. The summed E-state index contributed by atoms with van der Waals surface area (Å²) in [5, 5.41) is 3.08. The molecule has 0 aromatic heterocycles. The second-order valence-corrected chi connectivity index (χ2v) is 5.29. The Bertz CT molecular complexity index is 495. The molecule has 0 bridgehead atoms. The van der Waals surface area contributed by atoms with Crippen LogP contribution in [0.4, 0.5) is 13.2 Å². The highest BCUT2D eigenvalue weighted by atomic mass is 79.9. The minimum absolute atomic E-state index is 0.444. The van der Waals surface area contributed by atoms with Crippen molar-refractivity contribution in [2.75, 3.05) is 18.5 Å². The number of amides is 1. The number of hydrogen-bond donors (Lipinski definition) is 1. The number of halogens is 4. The van der Waals surface area contributed by atoms with Crippen LogP contribution in [0.5, 0.6) is 0 Å². The molecule has 1 fully saturated rings. The van der Waals surface area contributed by atoms with Crippen LogP contribution >= 0.6 is 15.9 Å². The Balaban J connectivity index is 2.23. The zero-order chi connectivity index (χ0) is 14.8. The lowest BCUT2D eigenvalue weighted by Crippen LogP contribution is -2.53. The summed E-state index contributed by atoms with van der Waals surface area (Å²) in [6.07, 6.45) is 1.07. The summed E-state index contributed by atoms with van der Waals surface area (Å²) in [7, 11) is 0. The topological polar surface area (TPSA) is 38.3 Å². The fraction of sp³-hybridized carbons (Fsp3) is 0.462. The molecular formula is C13H13BrF3NO2. The number of alkyl halides is 1. The van der Waals surface area contributed by atoms with E-state index in [2.05, 4.69) is 21.2 Å². The zero-order valence-electron chi connectivity index (χ0n) is 10.5. The molecule has 0 aliphatic carbocycles. The van der Waals surface area contributed by atoms with Crippen molar-refractivity contribution >= 4 is 21.8 Å². The highest BCUT2D eigenvalue weighted by Crippen LogP contribution is 2.24. The van der Waals surface area contributed by atoms with Crippen molar-refractivity contribution in [3.8, 4) is 0 Å². The van der Waals surface area contributed by atoms with Gasteiger partial charge in [0.25, 0.3) is 5.91 Å². The van der Waals surface area contributed by atoms with E-state index in [1.165, 1.54) is 0 Å². The van der Waals surface area contributed by atoms with E-state index >= 15 is 0 Å². The molecule has 1 aromatic rings. The van der Waals surface area contributed by atoms with Crippen LogP contribution in [0.25, 0.3) is 0 Å². The minimum Gasteiger partial charge on any atom is -0.381 e. The molecule has 0 atom stereocenters. The Morgan fingerprint density at radius 3 is 2.30 bits per heavy atom. The quantitative estimate of drug-likeness (QED) is 0.850. The van der Waals surface area contributed by atoms with Crippen LogP contribution in [0.2, 0.25) is 0 Å². The summed E-state index contributed by atoms with van der Waals surface area (Å²) in [4.78, 5) is 12.1. The fourth-order valence-electron chi connectivity index (χ4n) is 2.12. The minimum atomic E-state index is -1.21. The first-order chi connectivity index (χ1) is 9.47. The highest BCUT2D eigenvalue weighted by Gasteiger charge is 2.34. The van der Waals surface area contributed by atoms with Gasteiger partial charge in [-0.15, -0.1) is 0 Å². The van der Waals surface area contributed by atoms with Crippen LogP contribution in [0, 0.1) is 17.5 Å². The third-order valence-electron chi connectivity index (χ3n) is 3.32. The lowest BCUT2D eigenvalue weighted by molar-refractivity contribution is 0.0439. The predicted molar refractivity (Wildman–Crippen MR) is 70.4 cm³/mol. The molecular weight excluding hydrogens is 339 g/mol. The van der Waals surface area contributed by atoms with Gasteiger partial charge in [0, 0.05) is 30.7 Å². The van der Waals surface area contributed by atoms with E-state index in [9.17, 15) is 18.0 Å². The zero-order valence-corrected chi connectivity index (χ0v) is 12.1. The smallest absolute Gasteiger partial charge is 0.257 e. The van der Waals surface area contributed by atoms with Crippen LogP contribution in [-0.2, 0) is 4.74 Å². The molecule has 7 heteroatoms. The molecule has 1 heterocycles. The van der Waals surface area contributed by atoms with Crippen molar-refractivity contribution in [3.05, 3.63) is 35.1 Å². The van der Waals surface area contributed by atoms with Crippen molar-refractivity contribution < 1.29 is 22.7 Å². The summed E-state index contributed by atoms with van der Waals surface area (Å²) >= 11 is 3.30. The Morgan fingerprint density at radius 1 is 1.25 bits per heavy atom. The van der Waals surface area contributed by atoms with Gasteiger partial charge in [0.05, 0.1) is 5.54 Å². The average molecular weight is 352 g/mol. The largest absolute Gasteiger partial charge is 0.381 e. The predicted octanol–water partition coefficient (Wildman–Crippen LogP) is 2.78. The summed E-state index contributed by atoms with van der Waals surface area (Å²) in [5.41, 5.74) is -1.37. The summed E-state index contributed by atoms with van der Waals surface area (Å²) in [6, 6.07) is 0.978. The molecule has 3 nitrogen and oxygen atoms in total. The van der Waals surface area contributed by atoms with Gasteiger partial charge in [-0.25, -0.2) is 13.2 Å². The molecule has 0 radical (unpaired) electrons. The number of nitrogens with one attached hydrogen (secondary N) is 1. The van der Waals surface area contributed by atoms with Gasteiger partial charge in [0.2, 0.25) is 0 Å². The molecule has 20 heavy (non-hydrogen) atoms. The van der Waals surface area contributed by atoms with Crippen molar-refractivity contribution in [1.82, 2.24) is 5.32 Å².